The quantitative estimate of drug-likeness (QED) is 0.0550. The number of amides is 2. The molecule has 6 aromatic carbocycles. The zero-order valence-corrected chi connectivity index (χ0v) is 37.5. The predicted molar refractivity (Wildman–Crippen MR) is 253 cm³/mol. The number of rotatable bonds is 16. The van der Waals surface area contributed by atoms with E-state index < -0.39 is 54.0 Å². The summed E-state index contributed by atoms with van der Waals surface area (Å²) in [5.74, 6) is -2.00. The van der Waals surface area contributed by atoms with Crippen LogP contribution < -0.4 is 10.6 Å². The second kappa shape index (κ2) is 20.5. The minimum atomic E-state index is -1.46. The smallest absolute Gasteiger partial charge is 0.408 e. The molecule has 0 radical (unpaired) electrons. The number of nitrogens with zero attached hydrogens (tertiary/aromatic N) is 2. The van der Waals surface area contributed by atoms with Gasteiger partial charge in [-0.25, -0.2) is 24.2 Å². The maximum atomic E-state index is 14.3. The normalized spacial score (nSPS) is 13.0. The molecule has 340 valence electrons. The lowest BCUT2D eigenvalue weighted by atomic mass is 9.77. The molecule has 2 atom stereocenters. The molecule has 0 bridgehead atoms. The molecule has 2 N–H and O–H groups in total. The molecule has 0 saturated heterocycles. The highest BCUT2D eigenvalue weighted by atomic mass is 16.6. The van der Waals surface area contributed by atoms with Crippen molar-refractivity contribution < 1.29 is 38.1 Å². The number of esters is 2. The van der Waals surface area contributed by atoms with Crippen LogP contribution in [0.3, 0.4) is 0 Å². The van der Waals surface area contributed by atoms with Gasteiger partial charge in [-0.1, -0.05) is 170 Å². The first kappa shape index (κ1) is 45.6. The standard InChI is InChI=1S/C55H52N4O8/c1-54(2,3)67-53(63)58-49(51(61)64-34-38-20-8-4-9-21-38)36-65-50(60)48(57-52(62)66-35-47-45-30-18-16-28-43(45)44-29-17-19-31-46(44)47)32-42-33-59(37-56-42)55(39-22-10-5-11-23-39,40-24-12-6-13-25-40)41-26-14-7-15-27-41/h4-31,33,37,47-49H,32,34-36H2,1-3H3,(H,57,62)(H,58,63)/t48-,49-/m0/s1. The number of aromatic nitrogens is 2. The molecule has 2 amide bonds. The van der Waals surface area contributed by atoms with E-state index in [4.69, 9.17) is 23.9 Å². The van der Waals surface area contributed by atoms with Crippen LogP contribution in [0.2, 0.25) is 0 Å². The zero-order chi connectivity index (χ0) is 46.8. The maximum Gasteiger partial charge on any atom is 0.408 e. The van der Waals surface area contributed by atoms with Gasteiger partial charge in [0.25, 0.3) is 0 Å². The highest BCUT2D eigenvalue weighted by Gasteiger charge is 2.39. The number of carbonyl (C=O) groups excluding carboxylic acids is 4. The number of alkyl carbamates (subject to hydrolysis) is 2. The van der Waals surface area contributed by atoms with Gasteiger partial charge in [0.2, 0.25) is 0 Å². The maximum absolute atomic E-state index is 14.3. The molecule has 1 aliphatic rings. The Balaban J connectivity index is 1.08. The van der Waals surface area contributed by atoms with Gasteiger partial charge in [0.15, 0.2) is 6.04 Å². The summed E-state index contributed by atoms with van der Waals surface area (Å²) in [7, 11) is 0. The molecule has 1 aromatic heterocycles. The average molecular weight is 897 g/mol. The van der Waals surface area contributed by atoms with E-state index in [0.29, 0.717) is 11.3 Å². The summed E-state index contributed by atoms with van der Waals surface area (Å²) in [5, 5.41) is 5.23. The van der Waals surface area contributed by atoms with Crippen molar-refractivity contribution in [3.63, 3.8) is 0 Å². The molecular weight excluding hydrogens is 845 g/mol. The zero-order valence-electron chi connectivity index (χ0n) is 37.5. The lowest BCUT2D eigenvalue weighted by molar-refractivity contribution is -0.154. The van der Waals surface area contributed by atoms with E-state index in [1.54, 1.807) is 51.4 Å². The van der Waals surface area contributed by atoms with Crippen LogP contribution in [0.15, 0.2) is 182 Å². The third-order valence-electron chi connectivity index (χ3n) is 11.5. The number of benzene rings is 6. The highest BCUT2D eigenvalue weighted by molar-refractivity contribution is 5.84. The summed E-state index contributed by atoms with van der Waals surface area (Å²) in [6, 6.07) is 52.4. The fraction of sp³-hybridized carbons (Fsp3) is 0.218. The first-order chi connectivity index (χ1) is 32.5. The van der Waals surface area contributed by atoms with Crippen LogP contribution in [0, 0.1) is 0 Å². The fourth-order valence-electron chi connectivity index (χ4n) is 8.54. The molecule has 12 heteroatoms. The van der Waals surface area contributed by atoms with Crippen LogP contribution in [-0.4, -0.2) is 64.6 Å². The van der Waals surface area contributed by atoms with Crippen LogP contribution >= 0.6 is 0 Å². The molecule has 1 aliphatic carbocycles. The van der Waals surface area contributed by atoms with Gasteiger partial charge >= 0.3 is 24.1 Å². The second-order valence-electron chi connectivity index (χ2n) is 17.2. The third kappa shape index (κ3) is 10.6. The molecule has 0 aliphatic heterocycles. The number of ether oxygens (including phenoxy) is 4. The van der Waals surface area contributed by atoms with Crippen LogP contribution in [0.25, 0.3) is 11.1 Å². The van der Waals surface area contributed by atoms with E-state index in [1.807, 2.05) is 120 Å². The van der Waals surface area contributed by atoms with Crippen molar-refractivity contribution in [2.75, 3.05) is 13.2 Å². The summed E-state index contributed by atoms with van der Waals surface area (Å²) in [6.45, 7) is 4.31. The first-order valence-corrected chi connectivity index (χ1v) is 22.2. The molecule has 1 heterocycles. The fourth-order valence-corrected chi connectivity index (χ4v) is 8.54. The van der Waals surface area contributed by atoms with Gasteiger partial charge in [-0.15, -0.1) is 0 Å². The van der Waals surface area contributed by atoms with E-state index in [1.165, 1.54) is 0 Å². The number of hydrogen-bond acceptors (Lipinski definition) is 9. The summed E-state index contributed by atoms with van der Waals surface area (Å²) < 4.78 is 24.6. The number of fused-ring (bicyclic) bond motifs is 3. The van der Waals surface area contributed by atoms with Crippen molar-refractivity contribution in [1.29, 1.82) is 0 Å². The Hall–Kier alpha value is -7.99. The van der Waals surface area contributed by atoms with Gasteiger partial charge in [-0.3, -0.25) is 0 Å². The SMILES string of the molecule is CC(C)(C)OC(=O)N[C@@H](COC(=O)[C@H](Cc1cn(C(c2ccccc2)(c2ccccc2)c2ccccc2)cn1)NC(=O)OCC1c2ccccc2-c2ccccc21)C(=O)OCc1ccccc1. The van der Waals surface area contributed by atoms with E-state index in [0.717, 1.165) is 38.9 Å². The van der Waals surface area contributed by atoms with Gasteiger partial charge in [0.05, 0.1) is 12.0 Å². The molecule has 0 saturated carbocycles. The summed E-state index contributed by atoms with van der Waals surface area (Å²) >= 11 is 0. The van der Waals surface area contributed by atoms with Crippen LogP contribution in [0.1, 0.15) is 65.8 Å². The van der Waals surface area contributed by atoms with Crippen LogP contribution in [0.5, 0.6) is 0 Å². The van der Waals surface area contributed by atoms with E-state index in [9.17, 15) is 19.2 Å². The topological polar surface area (TPSA) is 147 Å². The highest BCUT2D eigenvalue weighted by Crippen LogP contribution is 2.45. The number of hydrogen-bond donors (Lipinski definition) is 2. The largest absolute Gasteiger partial charge is 0.461 e. The van der Waals surface area contributed by atoms with Gasteiger partial charge in [0, 0.05) is 18.5 Å². The molecule has 67 heavy (non-hydrogen) atoms. The summed E-state index contributed by atoms with van der Waals surface area (Å²) in [6.07, 6.45) is 1.65. The Morgan fingerprint density at radius 1 is 0.582 bits per heavy atom. The molecular formula is C55H52N4O8. The van der Waals surface area contributed by atoms with Crippen molar-refractivity contribution >= 4 is 24.1 Å². The number of imidazole rings is 1. The Labute approximate surface area is 389 Å². The minimum absolute atomic E-state index is 0.000854. The molecule has 0 spiro atoms. The van der Waals surface area contributed by atoms with Gasteiger partial charge < -0.3 is 34.1 Å². The van der Waals surface area contributed by atoms with Crippen molar-refractivity contribution in [3.8, 4) is 11.1 Å². The number of nitrogens with one attached hydrogen (secondary N) is 2. The summed E-state index contributed by atoms with van der Waals surface area (Å²) in [5.41, 5.74) is 6.46. The van der Waals surface area contributed by atoms with Crippen LogP contribution in [-0.2, 0) is 47.1 Å². The second-order valence-corrected chi connectivity index (χ2v) is 17.2. The monoisotopic (exact) mass is 896 g/mol. The van der Waals surface area contributed by atoms with E-state index >= 15 is 0 Å². The van der Waals surface area contributed by atoms with Crippen molar-refractivity contribution in [1.82, 2.24) is 20.2 Å². The summed E-state index contributed by atoms with van der Waals surface area (Å²) in [4.78, 5) is 59.5. The first-order valence-electron chi connectivity index (χ1n) is 22.2. The Bertz CT molecular complexity index is 2650. The Morgan fingerprint density at radius 2 is 1.06 bits per heavy atom. The van der Waals surface area contributed by atoms with Crippen molar-refractivity contribution in [2.24, 2.45) is 0 Å². The molecule has 8 rings (SSSR count). The molecule has 0 unspecified atom stereocenters. The van der Waals surface area contributed by atoms with Gasteiger partial charge in [-0.05, 0) is 65.3 Å². The van der Waals surface area contributed by atoms with Gasteiger partial charge in [0.1, 0.15) is 37.0 Å². The van der Waals surface area contributed by atoms with Crippen LogP contribution in [0.4, 0.5) is 9.59 Å². The average Bonchev–Trinajstić information content (AvgIpc) is 3.94. The predicted octanol–water partition coefficient (Wildman–Crippen LogP) is 9.35. The van der Waals surface area contributed by atoms with Crippen molar-refractivity contribution in [3.05, 3.63) is 221 Å². The minimum Gasteiger partial charge on any atom is -0.461 e. The molecule has 7 aromatic rings. The lowest BCUT2D eigenvalue weighted by Gasteiger charge is -2.37. The Kier molecular flexibility index (Phi) is 13.9. The van der Waals surface area contributed by atoms with Crippen molar-refractivity contribution in [2.45, 2.75) is 62.9 Å². The number of carbonyl (C=O) groups is 4. The van der Waals surface area contributed by atoms with E-state index in [-0.39, 0.29) is 25.6 Å². The van der Waals surface area contributed by atoms with E-state index in [2.05, 4.69) is 47.0 Å². The Morgan fingerprint density at radius 3 is 1.60 bits per heavy atom. The molecule has 12 nitrogen and oxygen atoms in total. The lowest BCUT2D eigenvalue weighted by Crippen LogP contribution is -2.49. The molecule has 0 fully saturated rings. The third-order valence-corrected chi connectivity index (χ3v) is 11.5. The van der Waals surface area contributed by atoms with Gasteiger partial charge in [-0.2, -0.15) is 0 Å².